The molecule has 1 aliphatic rings. The van der Waals surface area contributed by atoms with E-state index in [9.17, 15) is 18.0 Å². The molecular formula is C12H16F3N3O. The average Bonchev–Trinajstić information content (AvgIpc) is 2.77. The first-order chi connectivity index (χ1) is 8.72. The van der Waals surface area contributed by atoms with E-state index in [2.05, 4.69) is 10.2 Å². The summed E-state index contributed by atoms with van der Waals surface area (Å²) in [6, 6.07) is 1.52. The van der Waals surface area contributed by atoms with Crippen LogP contribution in [0.3, 0.4) is 0 Å². The summed E-state index contributed by atoms with van der Waals surface area (Å²) in [6.07, 6.45) is -2.83. The Kier molecular flexibility index (Phi) is 3.32. The number of carbonyl (C=O) groups excluding carboxylic acids is 1. The number of likely N-dealkylation sites (tertiary alicyclic amines) is 1. The van der Waals surface area contributed by atoms with Gasteiger partial charge in [0.1, 0.15) is 5.69 Å². The molecule has 0 radical (unpaired) electrons. The minimum absolute atomic E-state index is 0.0591. The van der Waals surface area contributed by atoms with Gasteiger partial charge < -0.3 is 4.90 Å². The fourth-order valence-electron chi connectivity index (χ4n) is 2.68. The molecule has 2 rings (SSSR count). The van der Waals surface area contributed by atoms with Gasteiger partial charge >= 0.3 is 6.18 Å². The number of aromatic amines is 1. The first-order valence-electron chi connectivity index (χ1n) is 6.07. The lowest BCUT2D eigenvalue weighted by Gasteiger charge is -2.44. The Balaban J connectivity index is 2.12. The lowest BCUT2D eigenvalue weighted by Crippen LogP contribution is -2.52. The number of carbonyl (C=O) groups is 1. The van der Waals surface area contributed by atoms with Crippen LogP contribution in [0.15, 0.2) is 12.3 Å². The zero-order valence-electron chi connectivity index (χ0n) is 10.8. The summed E-state index contributed by atoms with van der Waals surface area (Å²) in [7, 11) is 0. The first-order valence-corrected chi connectivity index (χ1v) is 6.07. The van der Waals surface area contributed by atoms with Gasteiger partial charge in [0.2, 0.25) is 0 Å². The summed E-state index contributed by atoms with van der Waals surface area (Å²) in [5.74, 6) is -1.67. The number of rotatable bonds is 1. The van der Waals surface area contributed by atoms with Gasteiger partial charge in [-0.15, -0.1) is 0 Å². The number of halogens is 3. The normalized spacial score (nSPS) is 23.4. The molecule has 0 bridgehead atoms. The van der Waals surface area contributed by atoms with Crippen molar-refractivity contribution in [1.82, 2.24) is 15.1 Å². The molecule has 19 heavy (non-hydrogen) atoms. The minimum Gasteiger partial charge on any atom is -0.337 e. The highest BCUT2D eigenvalue weighted by atomic mass is 19.4. The molecule has 7 heteroatoms. The maximum Gasteiger partial charge on any atom is 0.392 e. The van der Waals surface area contributed by atoms with Crippen molar-refractivity contribution in [3.05, 3.63) is 18.0 Å². The van der Waals surface area contributed by atoms with Crippen LogP contribution in [0, 0.1) is 11.3 Å². The number of hydrogen-bond acceptors (Lipinski definition) is 2. The van der Waals surface area contributed by atoms with Crippen molar-refractivity contribution in [2.24, 2.45) is 11.3 Å². The van der Waals surface area contributed by atoms with Crippen molar-refractivity contribution in [2.45, 2.75) is 26.4 Å². The minimum atomic E-state index is -4.22. The Morgan fingerprint density at radius 3 is 2.68 bits per heavy atom. The van der Waals surface area contributed by atoms with Gasteiger partial charge in [-0.25, -0.2) is 0 Å². The van der Waals surface area contributed by atoms with E-state index in [0.717, 1.165) is 0 Å². The largest absolute Gasteiger partial charge is 0.392 e. The van der Waals surface area contributed by atoms with Crippen molar-refractivity contribution in [3.8, 4) is 0 Å². The number of amides is 1. The van der Waals surface area contributed by atoms with Crippen LogP contribution < -0.4 is 0 Å². The van der Waals surface area contributed by atoms with E-state index in [1.54, 1.807) is 13.8 Å². The van der Waals surface area contributed by atoms with Gasteiger partial charge in [-0.05, 0) is 17.9 Å². The molecule has 0 aromatic carbocycles. The van der Waals surface area contributed by atoms with E-state index in [4.69, 9.17) is 0 Å². The van der Waals surface area contributed by atoms with E-state index in [1.807, 2.05) is 0 Å². The van der Waals surface area contributed by atoms with Crippen molar-refractivity contribution >= 4 is 5.91 Å². The number of piperidine rings is 1. The van der Waals surface area contributed by atoms with Gasteiger partial charge in [-0.3, -0.25) is 9.89 Å². The second kappa shape index (κ2) is 4.54. The Morgan fingerprint density at radius 1 is 1.53 bits per heavy atom. The van der Waals surface area contributed by atoms with Gasteiger partial charge in [0.25, 0.3) is 5.91 Å². The number of aromatic nitrogens is 2. The molecule has 1 N–H and O–H groups in total. The Hall–Kier alpha value is -1.53. The number of nitrogens with zero attached hydrogens (tertiary/aromatic N) is 2. The van der Waals surface area contributed by atoms with Crippen LogP contribution in [-0.4, -0.2) is 40.3 Å². The van der Waals surface area contributed by atoms with Gasteiger partial charge in [0.15, 0.2) is 0 Å². The Bertz CT molecular complexity index is 453. The van der Waals surface area contributed by atoms with E-state index < -0.39 is 17.5 Å². The molecule has 0 unspecified atom stereocenters. The molecule has 0 spiro atoms. The molecule has 1 atom stereocenters. The summed E-state index contributed by atoms with van der Waals surface area (Å²) >= 11 is 0. The van der Waals surface area contributed by atoms with Crippen LogP contribution in [-0.2, 0) is 0 Å². The number of H-pyrrole nitrogens is 1. The monoisotopic (exact) mass is 275 g/mol. The lowest BCUT2D eigenvalue weighted by atomic mass is 9.73. The summed E-state index contributed by atoms with van der Waals surface area (Å²) in [5.41, 5.74) is -0.673. The van der Waals surface area contributed by atoms with Crippen LogP contribution in [0.2, 0.25) is 0 Å². The number of alkyl halides is 3. The van der Waals surface area contributed by atoms with Crippen LogP contribution in [0.25, 0.3) is 0 Å². The molecule has 106 valence electrons. The highest BCUT2D eigenvalue weighted by molar-refractivity contribution is 5.92. The van der Waals surface area contributed by atoms with Crippen LogP contribution >= 0.6 is 0 Å². The smallest absolute Gasteiger partial charge is 0.337 e. The van der Waals surface area contributed by atoms with E-state index in [-0.39, 0.29) is 25.4 Å². The zero-order chi connectivity index (χ0) is 14.3. The van der Waals surface area contributed by atoms with E-state index in [0.29, 0.717) is 5.69 Å². The predicted molar refractivity (Wildman–Crippen MR) is 62.4 cm³/mol. The lowest BCUT2D eigenvalue weighted by molar-refractivity contribution is -0.214. The summed E-state index contributed by atoms with van der Waals surface area (Å²) < 4.78 is 38.8. The van der Waals surface area contributed by atoms with E-state index >= 15 is 0 Å². The third-order valence-corrected chi connectivity index (χ3v) is 3.64. The average molecular weight is 275 g/mol. The van der Waals surface area contributed by atoms with Crippen LogP contribution in [0.4, 0.5) is 13.2 Å². The van der Waals surface area contributed by atoms with Crippen molar-refractivity contribution in [3.63, 3.8) is 0 Å². The second-order valence-corrected chi connectivity index (χ2v) is 5.57. The Labute approximate surface area is 109 Å². The Morgan fingerprint density at radius 2 is 2.21 bits per heavy atom. The quantitative estimate of drug-likeness (QED) is 0.856. The topological polar surface area (TPSA) is 49.0 Å². The van der Waals surface area contributed by atoms with Crippen molar-refractivity contribution < 1.29 is 18.0 Å². The van der Waals surface area contributed by atoms with Gasteiger partial charge in [0, 0.05) is 19.3 Å². The number of nitrogens with one attached hydrogen (secondary N) is 1. The molecule has 1 aromatic rings. The summed E-state index contributed by atoms with van der Waals surface area (Å²) in [6.45, 7) is 3.32. The summed E-state index contributed by atoms with van der Waals surface area (Å²) in [4.78, 5) is 13.5. The van der Waals surface area contributed by atoms with Gasteiger partial charge in [-0.1, -0.05) is 13.8 Å². The van der Waals surface area contributed by atoms with Gasteiger partial charge in [-0.2, -0.15) is 18.3 Å². The highest BCUT2D eigenvalue weighted by Gasteiger charge is 2.51. The SMILES string of the molecule is CC1(C)CN(C(=O)c2ccn[nH]2)CC[C@@H]1C(F)(F)F. The molecular weight excluding hydrogens is 259 g/mol. The number of hydrogen-bond donors (Lipinski definition) is 1. The van der Waals surface area contributed by atoms with Gasteiger partial charge in [0.05, 0.1) is 5.92 Å². The predicted octanol–water partition coefficient (Wildman–Crippen LogP) is 2.46. The van der Waals surface area contributed by atoms with Crippen LogP contribution in [0.5, 0.6) is 0 Å². The highest BCUT2D eigenvalue weighted by Crippen LogP contribution is 2.45. The molecule has 0 saturated carbocycles. The fourth-order valence-corrected chi connectivity index (χ4v) is 2.68. The molecule has 0 aliphatic carbocycles. The third kappa shape index (κ3) is 2.74. The molecule has 1 amide bonds. The standard InChI is InChI=1S/C12H16F3N3O/c1-11(2)7-18(6-4-9(11)12(13,14)15)10(19)8-3-5-16-17-8/h3,5,9H,4,6-7H2,1-2H3,(H,16,17)/t9-/m0/s1. The molecule has 1 saturated heterocycles. The third-order valence-electron chi connectivity index (χ3n) is 3.64. The molecule has 1 fully saturated rings. The zero-order valence-corrected chi connectivity index (χ0v) is 10.8. The molecule has 4 nitrogen and oxygen atoms in total. The van der Waals surface area contributed by atoms with E-state index in [1.165, 1.54) is 17.2 Å². The van der Waals surface area contributed by atoms with Crippen molar-refractivity contribution in [1.29, 1.82) is 0 Å². The molecule has 1 aromatic heterocycles. The maximum absolute atomic E-state index is 12.9. The second-order valence-electron chi connectivity index (χ2n) is 5.57. The summed E-state index contributed by atoms with van der Waals surface area (Å²) in [5, 5.41) is 6.22. The first kappa shape index (κ1) is 13.9. The molecule has 1 aliphatic heterocycles. The van der Waals surface area contributed by atoms with Crippen molar-refractivity contribution in [2.75, 3.05) is 13.1 Å². The maximum atomic E-state index is 12.9. The van der Waals surface area contributed by atoms with Crippen LogP contribution in [0.1, 0.15) is 30.8 Å². The molecule has 2 heterocycles. The fraction of sp³-hybridized carbons (Fsp3) is 0.667.